The maximum atomic E-state index is 10.8. The lowest BCUT2D eigenvalue weighted by molar-refractivity contribution is -0.132. The molecule has 0 bridgehead atoms. The van der Waals surface area contributed by atoms with Crippen LogP contribution in [0.15, 0.2) is 29.8 Å². The van der Waals surface area contributed by atoms with Gasteiger partial charge in [-0.25, -0.2) is 4.79 Å². The Labute approximate surface area is 118 Å². The van der Waals surface area contributed by atoms with Gasteiger partial charge in [0.25, 0.3) is 0 Å². The molecule has 5 nitrogen and oxygen atoms in total. The molecule has 106 valence electrons. The van der Waals surface area contributed by atoms with Crippen molar-refractivity contribution in [3.63, 3.8) is 0 Å². The van der Waals surface area contributed by atoms with Gasteiger partial charge in [-0.2, -0.15) is 5.26 Å². The van der Waals surface area contributed by atoms with E-state index in [0.717, 1.165) is 13.0 Å². The highest BCUT2D eigenvalue weighted by molar-refractivity contribution is 5.96. The van der Waals surface area contributed by atoms with Gasteiger partial charge in [-0.05, 0) is 44.3 Å². The molecule has 0 saturated carbocycles. The third kappa shape index (κ3) is 5.55. The number of hydrogen-bond donors (Lipinski definition) is 1. The van der Waals surface area contributed by atoms with Gasteiger partial charge in [0.2, 0.25) is 0 Å². The summed E-state index contributed by atoms with van der Waals surface area (Å²) in [7, 11) is 4.00. The highest BCUT2D eigenvalue weighted by Gasteiger charge is 2.05. The van der Waals surface area contributed by atoms with Crippen molar-refractivity contribution in [2.45, 2.75) is 6.42 Å². The number of carbonyl (C=O) groups is 1. The minimum absolute atomic E-state index is 0.297. The standard InChI is InChI=1S/C15H18N2O3/c1-17(2)7-4-8-20-14-6-3-5-12(10-14)9-13(11-16)15(18)19/h3,5-6,9-10H,4,7-8H2,1-2H3,(H,18,19). The fraction of sp³-hybridized carbons (Fsp3) is 0.333. The molecule has 0 aromatic heterocycles. The quantitative estimate of drug-likeness (QED) is 0.468. The molecule has 0 radical (unpaired) electrons. The van der Waals surface area contributed by atoms with E-state index >= 15 is 0 Å². The van der Waals surface area contributed by atoms with Gasteiger partial charge >= 0.3 is 5.97 Å². The van der Waals surface area contributed by atoms with E-state index in [1.54, 1.807) is 30.3 Å². The first-order valence-electron chi connectivity index (χ1n) is 6.25. The summed E-state index contributed by atoms with van der Waals surface area (Å²) in [5, 5.41) is 17.5. The highest BCUT2D eigenvalue weighted by atomic mass is 16.5. The van der Waals surface area contributed by atoms with Crippen LogP contribution in [-0.4, -0.2) is 43.2 Å². The van der Waals surface area contributed by atoms with E-state index in [2.05, 4.69) is 4.90 Å². The second kappa shape index (κ2) is 7.97. The van der Waals surface area contributed by atoms with Gasteiger partial charge in [0.1, 0.15) is 17.4 Å². The Morgan fingerprint density at radius 3 is 2.85 bits per heavy atom. The molecule has 0 amide bonds. The van der Waals surface area contributed by atoms with E-state index in [9.17, 15) is 4.79 Å². The van der Waals surface area contributed by atoms with Gasteiger partial charge in [0, 0.05) is 6.54 Å². The molecule has 1 aromatic carbocycles. The summed E-state index contributed by atoms with van der Waals surface area (Å²) in [6.45, 7) is 1.53. The summed E-state index contributed by atoms with van der Waals surface area (Å²) in [6, 6.07) is 8.67. The van der Waals surface area contributed by atoms with Crippen molar-refractivity contribution in [1.82, 2.24) is 4.90 Å². The zero-order chi connectivity index (χ0) is 15.0. The molecule has 20 heavy (non-hydrogen) atoms. The molecular formula is C15H18N2O3. The predicted octanol–water partition coefficient (Wildman–Crippen LogP) is 2.01. The maximum absolute atomic E-state index is 10.8. The van der Waals surface area contributed by atoms with Crippen LogP contribution in [0.2, 0.25) is 0 Å². The molecule has 0 aliphatic heterocycles. The van der Waals surface area contributed by atoms with Crippen LogP contribution in [0.3, 0.4) is 0 Å². The molecule has 0 spiro atoms. The molecule has 0 aliphatic rings. The van der Waals surface area contributed by atoms with Gasteiger partial charge in [-0.3, -0.25) is 0 Å². The van der Waals surface area contributed by atoms with Crippen LogP contribution in [0.1, 0.15) is 12.0 Å². The van der Waals surface area contributed by atoms with E-state index in [1.807, 2.05) is 14.1 Å². The summed E-state index contributed by atoms with van der Waals surface area (Å²) >= 11 is 0. The molecule has 5 heteroatoms. The predicted molar refractivity (Wildman–Crippen MR) is 76.3 cm³/mol. The first kappa shape index (κ1) is 15.7. The lowest BCUT2D eigenvalue weighted by Crippen LogP contribution is -2.15. The Bertz CT molecular complexity index is 530. The summed E-state index contributed by atoms with van der Waals surface area (Å²) in [5.41, 5.74) is 0.337. The summed E-state index contributed by atoms with van der Waals surface area (Å²) in [4.78, 5) is 12.8. The van der Waals surface area contributed by atoms with Crippen molar-refractivity contribution in [2.24, 2.45) is 0 Å². The molecule has 1 N–H and O–H groups in total. The molecule has 0 unspecified atom stereocenters. The number of carboxylic acids is 1. The Morgan fingerprint density at radius 1 is 1.50 bits per heavy atom. The molecule has 0 heterocycles. The zero-order valence-electron chi connectivity index (χ0n) is 11.7. The summed E-state index contributed by atoms with van der Waals surface area (Å²) in [5.74, 6) is -0.565. The lowest BCUT2D eigenvalue weighted by Gasteiger charge is -2.10. The molecule has 1 aromatic rings. The van der Waals surface area contributed by atoms with Gasteiger partial charge in [-0.15, -0.1) is 0 Å². The third-order valence-corrected chi connectivity index (χ3v) is 2.54. The molecular weight excluding hydrogens is 256 g/mol. The Balaban J connectivity index is 2.67. The van der Waals surface area contributed by atoms with Crippen molar-refractivity contribution in [3.8, 4) is 11.8 Å². The maximum Gasteiger partial charge on any atom is 0.346 e. The highest BCUT2D eigenvalue weighted by Crippen LogP contribution is 2.16. The molecule has 0 fully saturated rings. The van der Waals surface area contributed by atoms with Gasteiger partial charge in [0.15, 0.2) is 0 Å². The SMILES string of the molecule is CN(C)CCCOc1cccc(C=C(C#N)C(=O)O)c1. The van der Waals surface area contributed by atoms with Crippen LogP contribution in [0.4, 0.5) is 0 Å². The number of carboxylic acid groups (broad SMARTS) is 1. The monoisotopic (exact) mass is 274 g/mol. The summed E-state index contributed by atoms with van der Waals surface area (Å²) in [6.07, 6.45) is 2.24. The number of rotatable bonds is 7. The number of nitrogens with zero attached hydrogens (tertiary/aromatic N) is 2. The molecule has 0 aliphatic carbocycles. The van der Waals surface area contributed by atoms with E-state index in [0.29, 0.717) is 17.9 Å². The average Bonchev–Trinajstić information content (AvgIpc) is 2.41. The van der Waals surface area contributed by atoms with Gasteiger partial charge in [0.05, 0.1) is 6.61 Å². The Hall–Kier alpha value is -2.32. The number of aliphatic carboxylic acids is 1. The number of ether oxygens (including phenoxy) is 1. The lowest BCUT2D eigenvalue weighted by atomic mass is 10.1. The average molecular weight is 274 g/mol. The van der Waals surface area contributed by atoms with Crippen LogP contribution in [0, 0.1) is 11.3 Å². The van der Waals surface area contributed by atoms with E-state index in [4.69, 9.17) is 15.1 Å². The molecule has 1 rings (SSSR count). The zero-order valence-corrected chi connectivity index (χ0v) is 11.7. The van der Waals surface area contributed by atoms with E-state index in [-0.39, 0.29) is 5.57 Å². The minimum Gasteiger partial charge on any atom is -0.494 e. The van der Waals surface area contributed by atoms with Crippen molar-refractivity contribution in [2.75, 3.05) is 27.2 Å². The van der Waals surface area contributed by atoms with Gasteiger partial charge < -0.3 is 14.7 Å². The second-order valence-electron chi connectivity index (χ2n) is 4.55. The van der Waals surface area contributed by atoms with Crippen LogP contribution >= 0.6 is 0 Å². The summed E-state index contributed by atoms with van der Waals surface area (Å²) < 4.78 is 5.59. The van der Waals surface area contributed by atoms with E-state index < -0.39 is 5.97 Å². The first-order chi connectivity index (χ1) is 9.52. The number of nitriles is 1. The number of benzene rings is 1. The Kier molecular flexibility index (Phi) is 6.27. The number of hydrogen-bond acceptors (Lipinski definition) is 4. The normalized spacial score (nSPS) is 11.2. The largest absolute Gasteiger partial charge is 0.494 e. The van der Waals surface area contributed by atoms with Crippen molar-refractivity contribution in [1.29, 1.82) is 5.26 Å². The van der Waals surface area contributed by atoms with Crippen molar-refractivity contribution < 1.29 is 14.6 Å². The minimum atomic E-state index is -1.23. The fourth-order valence-corrected chi connectivity index (χ4v) is 1.57. The van der Waals surface area contributed by atoms with E-state index in [1.165, 1.54) is 6.08 Å². The Morgan fingerprint density at radius 2 is 2.25 bits per heavy atom. The smallest absolute Gasteiger partial charge is 0.346 e. The molecule has 0 saturated heterocycles. The van der Waals surface area contributed by atoms with Crippen LogP contribution in [0.25, 0.3) is 6.08 Å². The van der Waals surface area contributed by atoms with Crippen LogP contribution in [0.5, 0.6) is 5.75 Å². The first-order valence-corrected chi connectivity index (χ1v) is 6.25. The molecule has 0 atom stereocenters. The topological polar surface area (TPSA) is 73.6 Å². The van der Waals surface area contributed by atoms with Crippen LogP contribution < -0.4 is 4.74 Å². The third-order valence-electron chi connectivity index (χ3n) is 2.54. The van der Waals surface area contributed by atoms with Crippen molar-refractivity contribution in [3.05, 3.63) is 35.4 Å². The van der Waals surface area contributed by atoms with Crippen molar-refractivity contribution >= 4 is 12.0 Å². The van der Waals surface area contributed by atoms with Crippen LogP contribution in [-0.2, 0) is 4.79 Å². The van der Waals surface area contributed by atoms with Gasteiger partial charge in [-0.1, -0.05) is 12.1 Å². The second-order valence-corrected chi connectivity index (χ2v) is 4.55. The fourth-order valence-electron chi connectivity index (χ4n) is 1.57.